The highest BCUT2D eigenvalue weighted by Crippen LogP contribution is 2.17. The van der Waals surface area contributed by atoms with Crippen molar-refractivity contribution >= 4 is 27.5 Å². The molecule has 0 nitrogen and oxygen atoms in total. The van der Waals surface area contributed by atoms with Crippen LogP contribution in [0.25, 0.3) is 0 Å². The summed E-state index contributed by atoms with van der Waals surface area (Å²) in [4.78, 5) is 0. The summed E-state index contributed by atoms with van der Waals surface area (Å²) in [6.45, 7) is 2.13. The normalized spacial score (nSPS) is 10.2. The predicted molar refractivity (Wildman–Crippen MR) is 57.9 cm³/mol. The van der Waals surface area contributed by atoms with Gasteiger partial charge in [-0.1, -0.05) is 22.0 Å². The van der Waals surface area contributed by atoms with Crippen LogP contribution in [0.5, 0.6) is 0 Å². The minimum Gasteiger partial charge on any atom is -0.127 e. The average molecular weight is 248 g/mol. The third kappa shape index (κ3) is 2.80. The second-order valence-electron chi connectivity index (χ2n) is 2.86. The first kappa shape index (κ1) is 10.1. The van der Waals surface area contributed by atoms with Crippen molar-refractivity contribution in [3.05, 3.63) is 33.8 Å². The molecule has 0 aliphatic rings. The minimum atomic E-state index is 0.742. The van der Waals surface area contributed by atoms with E-state index in [9.17, 15) is 0 Å². The maximum atomic E-state index is 5.63. The second kappa shape index (κ2) is 4.88. The van der Waals surface area contributed by atoms with Crippen molar-refractivity contribution in [3.63, 3.8) is 0 Å². The van der Waals surface area contributed by atoms with Crippen molar-refractivity contribution in [1.29, 1.82) is 0 Å². The average Bonchev–Trinajstić information content (AvgIpc) is 2.07. The Morgan fingerprint density at radius 3 is 2.83 bits per heavy atom. The molecule has 0 atom stereocenters. The molecule has 0 bridgehead atoms. The smallest absolute Gasteiger partial charge is 0.0226 e. The Morgan fingerprint density at radius 1 is 1.42 bits per heavy atom. The maximum Gasteiger partial charge on any atom is 0.0226 e. The molecule has 0 aliphatic heterocycles. The van der Waals surface area contributed by atoms with Crippen LogP contribution in [-0.2, 0) is 6.42 Å². The lowest BCUT2D eigenvalue weighted by Crippen LogP contribution is -1.90. The third-order valence-corrected chi connectivity index (χ3v) is 2.65. The predicted octanol–water partition coefficient (Wildman–Crippen LogP) is 3.93. The highest BCUT2D eigenvalue weighted by atomic mass is 79.9. The van der Waals surface area contributed by atoms with Crippen molar-refractivity contribution in [2.45, 2.75) is 19.8 Å². The number of hydrogen-bond donors (Lipinski definition) is 0. The molecule has 1 rings (SSSR count). The molecule has 66 valence electrons. The lowest BCUT2D eigenvalue weighted by atomic mass is 10.1. The summed E-state index contributed by atoms with van der Waals surface area (Å²) >= 11 is 9.09. The van der Waals surface area contributed by atoms with Gasteiger partial charge in [0.05, 0.1) is 0 Å². The van der Waals surface area contributed by atoms with Gasteiger partial charge < -0.3 is 0 Å². The molecule has 0 aromatic heterocycles. The standard InChI is InChI=1S/C10H12BrCl/c1-8-4-5-10(11)7-9(8)3-2-6-12/h4-5,7H,2-3,6H2,1H3. The zero-order chi connectivity index (χ0) is 8.97. The van der Waals surface area contributed by atoms with Gasteiger partial charge in [0.15, 0.2) is 0 Å². The fourth-order valence-electron chi connectivity index (χ4n) is 1.17. The molecule has 1 aromatic rings. The van der Waals surface area contributed by atoms with E-state index in [-0.39, 0.29) is 0 Å². The summed E-state index contributed by atoms with van der Waals surface area (Å²) in [5, 5.41) is 0. The molecule has 0 heterocycles. The lowest BCUT2D eigenvalue weighted by molar-refractivity contribution is 0.918. The molecule has 12 heavy (non-hydrogen) atoms. The topological polar surface area (TPSA) is 0 Å². The first-order chi connectivity index (χ1) is 5.74. The van der Waals surface area contributed by atoms with Gasteiger partial charge in [0, 0.05) is 10.4 Å². The summed E-state index contributed by atoms with van der Waals surface area (Å²) in [7, 11) is 0. The molecule has 0 spiro atoms. The molecule has 0 aliphatic carbocycles. The number of benzene rings is 1. The highest BCUT2D eigenvalue weighted by molar-refractivity contribution is 9.10. The van der Waals surface area contributed by atoms with E-state index in [1.807, 2.05) is 0 Å². The van der Waals surface area contributed by atoms with E-state index in [4.69, 9.17) is 11.6 Å². The Bertz CT molecular complexity index is 258. The number of aryl methyl sites for hydroxylation is 2. The minimum absolute atomic E-state index is 0.742. The largest absolute Gasteiger partial charge is 0.127 e. The van der Waals surface area contributed by atoms with Crippen molar-refractivity contribution in [3.8, 4) is 0 Å². The Kier molecular flexibility index (Phi) is 4.10. The Labute approximate surface area is 87.1 Å². The van der Waals surface area contributed by atoms with Crippen LogP contribution >= 0.6 is 27.5 Å². The summed E-state index contributed by atoms with van der Waals surface area (Å²) in [6, 6.07) is 6.37. The summed E-state index contributed by atoms with van der Waals surface area (Å²) in [5.74, 6) is 0.742. The quantitative estimate of drug-likeness (QED) is 0.710. The highest BCUT2D eigenvalue weighted by Gasteiger charge is 1.98. The van der Waals surface area contributed by atoms with Crippen molar-refractivity contribution < 1.29 is 0 Å². The van der Waals surface area contributed by atoms with Crippen LogP contribution in [0.4, 0.5) is 0 Å². The van der Waals surface area contributed by atoms with Gasteiger partial charge in [-0.15, -0.1) is 11.6 Å². The van der Waals surface area contributed by atoms with Crippen molar-refractivity contribution in [2.75, 3.05) is 5.88 Å². The molecule has 1 aromatic carbocycles. The van der Waals surface area contributed by atoms with E-state index in [1.54, 1.807) is 0 Å². The number of alkyl halides is 1. The van der Waals surface area contributed by atoms with Gasteiger partial charge in [-0.05, 0) is 43.0 Å². The third-order valence-electron chi connectivity index (χ3n) is 1.89. The first-order valence-corrected chi connectivity index (χ1v) is 5.38. The molecule has 2 heteroatoms. The Hall–Kier alpha value is -0.0100. The van der Waals surface area contributed by atoms with E-state index < -0.39 is 0 Å². The van der Waals surface area contributed by atoms with Gasteiger partial charge in [0.25, 0.3) is 0 Å². The number of halogens is 2. The fourth-order valence-corrected chi connectivity index (χ4v) is 1.71. The van der Waals surface area contributed by atoms with Crippen LogP contribution < -0.4 is 0 Å². The van der Waals surface area contributed by atoms with Crippen molar-refractivity contribution in [2.24, 2.45) is 0 Å². The zero-order valence-electron chi connectivity index (χ0n) is 7.11. The van der Waals surface area contributed by atoms with Gasteiger partial charge in [-0.25, -0.2) is 0 Å². The fraction of sp³-hybridized carbons (Fsp3) is 0.400. The molecule has 0 saturated carbocycles. The molecule has 0 saturated heterocycles. The van der Waals surface area contributed by atoms with Crippen LogP contribution in [0, 0.1) is 6.92 Å². The molecule has 0 amide bonds. The zero-order valence-corrected chi connectivity index (χ0v) is 9.45. The van der Waals surface area contributed by atoms with Crippen LogP contribution in [0.2, 0.25) is 0 Å². The Morgan fingerprint density at radius 2 is 2.17 bits per heavy atom. The van der Waals surface area contributed by atoms with E-state index >= 15 is 0 Å². The first-order valence-electron chi connectivity index (χ1n) is 4.05. The molecule has 0 fully saturated rings. The van der Waals surface area contributed by atoms with E-state index in [0.29, 0.717) is 0 Å². The van der Waals surface area contributed by atoms with Crippen LogP contribution in [0.1, 0.15) is 17.5 Å². The van der Waals surface area contributed by atoms with Gasteiger partial charge >= 0.3 is 0 Å². The monoisotopic (exact) mass is 246 g/mol. The van der Waals surface area contributed by atoms with Crippen molar-refractivity contribution in [1.82, 2.24) is 0 Å². The molecule has 0 radical (unpaired) electrons. The van der Waals surface area contributed by atoms with Gasteiger partial charge in [-0.3, -0.25) is 0 Å². The van der Waals surface area contributed by atoms with E-state index in [0.717, 1.165) is 23.2 Å². The summed E-state index contributed by atoms with van der Waals surface area (Å²) in [5.41, 5.74) is 2.74. The SMILES string of the molecule is Cc1ccc(Br)cc1CCCCl. The number of rotatable bonds is 3. The van der Waals surface area contributed by atoms with E-state index in [2.05, 4.69) is 41.1 Å². The van der Waals surface area contributed by atoms with Crippen LogP contribution in [0.15, 0.2) is 22.7 Å². The van der Waals surface area contributed by atoms with Gasteiger partial charge in [0.2, 0.25) is 0 Å². The number of hydrogen-bond acceptors (Lipinski definition) is 0. The summed E-state index contributed by atoms with van der Waals surface area (Å²) < 4.78 is 1.15. The molecule has 0 N–H and O–H groups in total. The van der Waals surface area contributed by atoms with Crippen LogP contribution in [0.3, 0.4) is 0 Å². The van der Waals surface area contributed by atoms with Crippen LogP contribution in [-0.4, -0.2) is 5.88 Å². The lowest BCUT2D eigenvalue weighted by Gasteiger charge is -2.04. The molecular formula is C10H12BrCl. The van der Waals surface area contributed by atoms with Gasteiger partial charge in [0.1, 0.15) is 0 Å². The second-order valence-corrected chi connectivity index (χ2v) is 4.16. The molecular weight excluding hydrogens is 235 g/mol. The maximum absolute atomic E-state index is 5.63. The van der Waals surface area contributed by atoms with E-state index in [1.165, 1.54) is 11.1 Å². The Balaban J connectivity index is 2.75. The summed E-state index contributed by atoms with van der Waals surface area (Å²) in [6.07, 6.45) is 2.13. The van der Waals surface area contributed by atoms with Gasteiger partial charge in [-0.2, -0.15) is 0 Å². The molecule has 0 unspecified atom stereocenters.